The number of aliphatic carboxylic acids is 1. The highest BCUT2D eigenvalue weighted by Gasteiger charge is 2.32. The Morgan fingerprint density at radius 1 is 1.23 bits per heavy atom. The van der Waals surface area contributed by atoms with Crippen molar-refractivity contribution in [2.24, 2.45) is 0 Å². The number of aromatic nitrogens is 1. The van der Waals surface area contributed by atoms with E-state index in [1.165, 1.54) is 25.3 Å². The average molecular weight is 462 g/mol. The second-order valence-electron chi connectivity index (χ2n) is 6.02. The van der Waals surface area contributed by atoms with Gasteiger partial charge in [0.05, 0.1) is 19.3 Å². The van der Waals surface area contributed by atoms with E-state index in [0.717, 1.165) is 0 Å². The molecule has 1 heterocycles. The van der Waals surface area contributed by atoms with E-state index in [1.54, 1.807) is 13.2 Å². The van der Waals surface area contributed by atoms with E-state index < -0.39 is 17.7 Å². The second kappa shape index (κ2) is 10.9. The number of carbonyl (C=O) groups is 1. The van der Waals surface area contributed by atoms with Crippen molar-refractivity contribution in [3.8, 4) is 17.4 Å². The molecule has 11 heteroatoms. The first-order chi connectivity index (χ1) is 14.7. The van der Waals surface area contributed by atoms with Crippen molar-refractivity contribution in [1.29, 1.82) is 0 Å². The van der Waals surface area contributed by atoms with Gasteiger partial charge in [-0.2, -0.15) is 13.2 Å². The number of benzene rings is 1. The van der Waals surface area contributed by atoms with E-state index >= 15 is 0 Å². The molecule has 1 aromatic carbocycles. The van der Waals surface area contributed by atoms with E-state index in [2.05, 4.69) is 4.98 Å². The molecular formula is C20H19ClF3NO6. The van der Waals surface area contributed by atoms with Crippen molar-refractivity contribution < 1.29 is 42.0 Å². The molecule has 0 amide bonds. The standard InChI is InChI=1S/C20H19ClF3NO6/c1-28-6-3-7-30-14-5-4-12(8-17(29-2)19(26)27)16(10-14)31-18-15(21)9-13(11-25-18)20(22,23)24/h4-5,8-11H,3,6-7H2,1-2H3,(H,26,27)/b17-8-. The summed E-state index contributed by atoms with van der Waals surface area (Å²) in [6.45, 7) is 0.825. The lowest BCUT2D eigenvalue weighted by Crippen LogP contribution is -2.06. The molecule has 31 heavy (non-hydrogen) atoms. The zero-order valence-corrected chi connectivity index (χ0v) is 17.3. The van der Waals surface area contributed by atoms with Gasteiger partial charge in [-0.25, -0.2) is 9.78 Å². The van der Waals surface area contributed by atoms with Crippen LogP contribution in [0.4, 0.5) is 13.2 Å². The smallest absolute Gasteiger partial charge is 0.417 e. The highest BCUT2D eigenvalue weighted by atomic mass is 35.5. The molecule has 168 valence electrons. The Morgan fingerprint density at radius 3 is 2.55 bits per heavy atom. The van der Waals surface area contributed by atoms with Crippen LogP contribution in [0.15, 0.2) is 36.2 Å². The number of hydrogen-bond donors (Lipinski definition) is 1. The summed E-state index contributed by atoms with van der Waals surface area (Å²) >= 11 is 5.91. The molecule has 0 aliphatic heterocycles. The molecule has 2 rings (SSSR count). The first-order valence-corrected chi connectivity index (χ1v) is 9.19. The lowest BCUT2D eigenvalue weighted by molar-refractivity contribution is -0.138. The topological polar surface area (TPSA) is 87.1 Å². The van der Waals surface area contributed by atoms with Crippen LogP contribution in [0.3, 0.4) is 0 Å². The van der Waals surface area contributed by atoms with Crippen molar-refractivity contribution in [2.75, 3.05) is 27.4 Å². The molecule has 0 unspecified atom stereocenters. The molecule has 0 aliphatic rings. The third kappa shape index (κ3) is 7.04. The number of methoxy groups -OCH3 is 2. The van der Waals surface area contributed by atoms with Gasteiger partial charge in [0, 0.05) is 38.0 Å². The number of nitrogens with zero attached hydrogens (tertiary/aromatic N) is 1. The normalized spacial score (nSPS) is 11.9. The molecule has 0 aliphatic carbocycles. The second-order valence-corrected chi connectivity index (χ2v) is 6.43. The van der Waals surface area contributed by atoms with Crippen LogP contribution >= 0.6 is 11.6 Å². The third-order valence-corrected chi connectivity index (χ3v) is 4.08. The van der Waals surface area contributed by atoms with Crippen LogP contribution in [0.1, 0.15) is 17.5 Å². The van der Waals surface area contributed by atoms with Crippen LogP contribution in [-0.2, 0) is 20.4 Å². The fourth-order valence-electron chi connectivity index (χ4n) is 2.31. The molecule has 0 saturated heterocycles. The van der Waals surface area contributed by atoms with Gasteiger partial charge in [-0.3, -0.25) is 0 Å². The number of ether oxygens (including phenoxy) is 4. The molecule has 0 bridgehead atoms. The van der Waals surface area contributed by atoms with Gasteiger partial charge in [0.15, 0.2) is 0 Å². The highest BCUT2D eigenvalue weighted by molar-refractivity contribution is 6.31. The Bertz CT molecular complexity index is 949. The van der Waals surface area contributed by atoms with E-state index in [9.17, 15) is 23.1 Å². The van der Waals surface area contributed by atoms with E-state index in [0.29, 0.717) is 37.6 Å². The van der Waals surface area contributed by atoms with Crippen LogP contribution in [0.5, 0.6) is 17.4 Å². The first-order valence-electron chi connectivity index (χ1n) is 8.81. The maximum atomic E-state index is 12.8. The summed E-state index contributed by atoms with van der Waals surface area (Å²) in [6, 6.07) is 5.19. The summed E-state index contributed by atoms with van der Waals surface area (Å²) in [5.74, 6) is -1.57. The fourth-order valence-corrected chi connectivity index (χ4v) is 2.52. The molecule has 0 fully saturated rings. The Kier molecular flexibility index (Phi) is 8.52. The lowest BCUT2D eigenvalue weighted by Gasteiger charge is -2.14. The average Bonchev–Trinajstić information content (AvgIpc) is 2.71. The number of carboxylic acids is 1. The van der Waals surface area contributed by atoms with Crippen molar-refractivity contribution in [2.45, 2.75) is 12.6 Å². The van der Waals surface area contributed by atoms with Crippen molar-refractivity contribution in [3.05, 3.63) is 52.4 Å². The summed E-state index contributed by atoms with van der Waals surface area (Å²) in [6.07, 6.45) is -2.23. The first kappa shape index (κ1) is 24.3. The maximum Gasteiger partial charge on any atom is 0.417 e. The lowest BCUT2D eigenvalue weighted by atomic mass is 10.1. The number of halogens is 4. The Labute approximate surface area is 181 Å². The van der Waals surface area contributed by atoms with E-state index in [1.807, 2.05) is 0 Å². The number of pyridine rings is 1. The number of hydrogen-bond acceptors (Lipinski definition) is 6. The summed E-state index contributed by atoms with van der Waals surface area (Å²) in [7, 11) is 2.74. The Balaban J connectivity index is 2.40. The minimum Gasteiger partial charge on any atom is -0.493 e. The number of alkyl halides is 3. The van der Waals surface area contributed by atoms with Gasteiger partial charge in [-0.15, -0.1) is 0 Å². The van der Waals surface area contributed by atoms with Crippen LogP contribution in [-0.4, -0.2) is 43.5 Å². The van der Waals surface area contributed by atoms with Crippen molar-refractivity contribution in [3.63, 3.8) is 0 Å². The van der Waals surface area contributed by atoms with Gasteiger partial charge in [0.25, 0.3) is 0 Å². The number of rotatable bonds is 10. The van der Waals surface area contributed by atoms with Crippen LogP contribution < -0.4 is 9.47 Å². The quantitative estimate of drug-likeness (QED) is 0.301. The number of carboxylic acid groups (broad SMARTS) is 1. The summed E-state index contributed by atoms with van der Waals surface area (Å²) < 4.78 is 59.4. The molecule has 2 aromatic rings. The van der Waals surface area contributed by atoms with E-state index in [4.69, 9.17) is 30.5 Å². The molecule has 0 radical (unpaired) electrons. The van der Waals surface area contributed by atoms with Gasteiger partial charge in [0.2, 0.25) is 11.6 Å². The zero-order chi connectivity index (χ0) is 23.0. The predicted octanol–water partition coefficient (Wildman–Crippen LogP) is 5.03. The molecule has 0 spiro atoms. The van der Waals surface area contributed by atoms with Gasteiger partial charge in [-0.1, -0.05) is 11.6 Å². The third-order valence-electron chi connectivity index (χ3n) is 3.81. The molecule has 0 saturated carbocycles. The minimum atomic E-state index is -4.62. The molecule has 7 nitrogen and oxygen atoms in total. The Morgan fingerprint density at radius 2 is 1.97 bits per heavy atom. The summed E-state index contributed by atoms with van der Waals surface area (Å²) in [4.78, 5) is 14.9. The Hall–Kier alpha value is -2.98. The molecular weight excluding hydrogens is 443 g/mol. The maximum absolute atomic E-state index is 12.8. The predicted molar refractivity (Wildman–Crippen MR) is 105 cm³/mol. The van der Waals surface area contributed by atoms with Crippen molar-refractivity contribution >= 4 is 23.6 Å². The fraction of sp³-hybridized carbons (Fsp3) is 0.300. The SMILES string of the molecule is COCCCOc1ccc(/C=C(\OC)C(=O)O)c(Oc2ncc(C(F)(F)F)cc2Cl)c1. The van der Waals surface area contributed by atoms with Gasteiger partial charge < -0.3 is 24.1 Å². The van der Waals surface area contributed by atoms with Crippen LogP contribution in [0, 0.1) is 0 Å². The van der Waals surface area contributed by atoms with Gasteiger partial charge in [0.1, 0.15) is 16.5 Å². The highest BCUT2D eigenvalue weighted by Crippen LogP contribution is 2.37. The molecule has 0 atom stereocenters. The summed E-state index contributed by atoms with van der Waals surface area (Å²) in [5, 5.41) is 8.80. The van der Waals surface area contributed by atoms with E-state index in [-0.39, 0.29) is 28.0 Å². The molecule has 1 aromatic heterocycles. The van der Waals surface area contributed by atoms with Crippen molar-refractivity contribution in [1.82, 2.24) is 4.98 Å². The minimum absolute atomic E-state index is 0.0502. The van der Waals surface area contributed by atoms with Crippen LogP contribution in [0.25, 0.3) is 6.08 Å². The zero-order valence-electron chi connectivity index (χ0n) is 16.5. The van der Waals surface area contributed by atoms with Gasteiger partial charge in [-0.05, 0) is 24.3 Å². The van der Waals surface area contributed by atoms with Gasteiger partial charge >= 0.3 is 12.1 Å². The molecule has 1 N–H and O–H groups in total. The van der Waals surface area contributed by atoms with Crippen LogP contribution in [0.2, 0.25) is 5.02 Å². The largest absolute Gasteiger partial charge is 0.493 e. The summed E-state index contributed by atoms with van der Waals surface area (Å²) in [5.41, 5.74) is -0.783. The monoisotopic (exact) mass is 461 g/mol.